The molecule has 0 unspecified atom stereocenters. The van der Waals surface area contributed by atoms with Gasteiger partial charge in [-0.05, 0) is 32.3 Å². The predicted octanol–water partition coefficient (Wildman–Crippen LogP) is 2.73. The van der Waals surface area contributed by atoms with Crippen molar-refractivity contribution >= 4 is 17.4 Å². The van der Waals surface area contributed by atoms with Gasteiger partial charge in [0.1, 0.15) is 10.6 Å². The van der Waals surface area contributed by atoms with E-state index < -0.39 is 0 Å². The molecule has 0 aliphatic carbocycles. The van der Waals surface area contributed by atoms with Crippen molar-refractivity contribution in [3.8, 4) is 11.3 Å². The van der Waals surface area contributed by atoms with E-state index in [4.69, 9.17) is 0 Å². The molecule has 0 aliphatic rings. The third-order valence-electron chi connectivity index (χ3n) is 2.23. The number of nitrogens with one attached hydrogen (secondary N) is 1. The molecular weight excluding hydrogens is 246 g/mol. The Labute approximate surface area is 110 Å². The van der Waals surface area contributed by atoms with Crippen LogP contribution in [-0.2, 0) is 0 Å². The van der Waals surface area contributed by atoms with Crippen LogP contribution in [0.4, 0.5) is 0 Å². The molecule has 0 radical (unpaired) electrons. The van der Waals surface area contributed by atoms with E-state index in [0.717, 1.165) is 17.1 Å². The Kier molecular flexibility index (Phi) is 3.43. The second-order valence-corrected chi connectivity index (χ2v) is 5.77. The minimum atomic E-state index is -0.269. The second-order valence-electron chi connectivity index (χ2n) is 5.02. The molecule has 0 spiro atoms. The quantitative estimate of drug-likeness (QED) is 0.904. The molecule has 0 bridgehead atoms. The van der Waals surface area contributed by atoms with Crippen LogP contribution in [-0.4, -0.2) is 21.0 Å². The van der Waals surface area contributed by atoms with Gasteiger partial charge in [0.15, 0.2) is 0 Å². The van der Waals surface area contributed by atoms with E-state index in [9.17, 15) is 4.79 Å². The van der Waals surface area contributed by atoms with E-state index in [1.807, 2.05) is 51.1 Å². The maximum Gasteiger partial charge on any atom is 0.265 e. The number of nitrogens with zero attached hydrogens (tertiary/aromatic N) is 2. The standard InChI is InChI=1S/C13H15N3OS/c1-13(2,3)14-12(17)11-10(15-16-18-11)9-7-5-4-6-8-9/h4-8H,1-3H3,(H,14,17). The molecule has 4 nitrogen and oxygen atoms in total. The Morgan fingerprint density at radius 1 is 1.22 bits per heavy atom. The van der Waals surface area contributed by atoms with Crippen molar-refractivity contribution in [3.63, 3.8) is 0 Å². The topological polar surface area (TPSA) is 54.9 Å². The summed E-state index contributed by atoms with van der Waals surface area (Å²) in [7, 11) is 0. The average molecular weight is 261 g/mol. The average Bonchev–Trinajstić information content (AvgIpc) is 2.76. The first kappa shape index (κ1) is 12.7. The van der Waals surface area contributed by atoms with Crippen LogP contribution < -0.4 is 5.32 Å². The fraction of sp³-hybridized carbons (Fsp3) is 0.308. The molecule has 1 amide bonds. The van der Waals surface area contributed by atoms with E-state index in [2.05, 4.69) is 14.9 Å². The lowest BCUT2D eigenvalue weighted by atomic mass is 10.1. The minimum Gasteiger partial charge on any atom is -0.347 e. The molecule has 1 aromatic heterocycles. The maximum atomic E-state index is 12.1. The number of aromatic nitrogens is 2. The molecule has 5 heteroatoms. The van der Waals surface area contributed by atoms with Gasteiger partial charge in [-0.3, -0.25) is 4.79 Å². The van der Waals surface area contributed by atoms with Crippen molar-refractivity contribution < 1.29 is 4.79 Å². The summed E-state index contributed by atoms with van der Waals surface area (Å²) in [5, 5.41) is 6.97. The summed E-state index contributed by atoms with van der Waals surface area (Å²) in [6.45, 7) is 5.84. The van der Waals surface area contributed by atoms with Crippen LogP contribution in [0.5, 0.6) is 0 Å². The first-order valence-electron chi connectivity index (χ1n) is 5.68. The van der Waals surface area contributed by atoms with Crippen LogP contribution in [0.25, 0.3) is 11.3 Å². The summed E-state index contributed by atoms with van der Waals surface area (Å²) in [5.41, 5.74) is 1.28. The Morgan fingerprint density at radius 3 is 2.50 bits per heavy atom. The summed E-state index contributed by atoms with van der Waals surface area (Å²) >= 11 is 1.12. The molecule has 2 rings (SSSR count). The highest BCUT2D eigenvalue weighted by Crippen LogP contribution is 2.23. The number of hydrogen-bond acceptors (Lipinski definition) is 4. The zero-order valence-corrected chi connectivity index (χ0v) is 11.4. The van der Waals surface area contributed by atoms with Gasteiger partial charge in [-0.15, -0.1) is 5.10 Å². The summed E-state index contributed by atoms with van der Waals surface area (Å²) in [5.74, 6) is -0.128. The third-order valence-corrected chi connectivity index (χ3v) is 2.95. The molecule has 1 heterocycles. The van der Waals surface area contributed by atoms with Crippen LogP contribution in [0, 0.1) is 0 Å². The van der Waals surface area contributed by atoms with Crippen LogP contribution in [0.3, 0.4) is 0 Å². The third kappa shape index (κ3) is 2.92. The van der Waals surface area contributed by atoms with Gasteiger partial charge in [-0.25, -0.2) is 0 Å². The Morgan fingerprint density at radius 2 is 1.89 bits per heavy atom. The molecule has 2 aromatic rings. The largest absolute Gasteiger partial charge is 0.347 e. The Bertz CT molecular complexity index is 543. The molecule has 0 saturated heterocycles. The number of benzene rings is 1. The number of rotatable bonds is 2. The van der Waals surface area contributed by atoms with E-state index in [1.165, 1.54) is 0 Å². The number of hydrogen-bond donors (Lipinski definition) is 1. The van der Waals surface area contributed by atoms with Crippen LogP contribution >= 0.6 is 11.5 Å². The van der Waals surface area contributed by atoms with Crippen molar-refractivity contribution in [1.82, 2.24) is 14.9 Å². The van der Waals surface area contributed by atoms with Gasteiger partial charge >= 0.3 is 0 Å². The molecule has 1 N–H and O–H groups in total. The zero-order chi connectivity index (χ0) is 13.2. The van der Waals surface area contributed by atoms with E-state index in [-0.39, 0.29) is 11.4 Å². The SMILES string of the molecule is CC(C)(C)NC(=O)c1snnc1-c1ccccc1. The molecular formula is C13H15N3OS. The zero-order valence-electron chi connectivity index (χ0n) is 10.6. The normalized spacial score (nSPS) is 11.3. The number of amides is 1. The lowest BCUT2D eigenvalue weighted by Crippen LogP contribution is -2.40. The van der Waals surface area contributed by atoms with Gasteiger partial charge in [-0.2, -0.15) is 0 Å². The van der Waals surface area contributed by atoms with Gasteiger partial charge in [0.2, 0.25) is 0 Å². The molecule has 0 fully saturated rings. The fourth-order valence-electron chi connectivity index (χ4n) is 1.52. The van der Waals surface area contributed by atoms with Crippen LogP contribution in [0.1, 0.15) is 30.4 Å². The summed E-state index contributed by atoms with van der Waals surface area (Å²) in [6.07, 6.45) is 0. The fourth-order valence-corrected chi connectivity index (χ4v) is 2.11. The van der Waals surface area contributed by atoms with Crippen molar-refractivity contribution in [2.24, 2.45) is 0 Å². The van der Waals surface area contributed by atoms with E-state index in [1.54, 1.807) is 0 Å². The van der Waals surface area contributed by atoms with Crippen molar-refractivity contribution in [1.29, 1.82) is 0 Å². The lowest BCUT2D eigenvalue weighted by Gasteiger charge is -2.19. The van der Waals surface area contributed by atoms with Gasteiger partial charge < -0.3 is 5.32 Å². The summed E-state index contributed by atoms with van der Waals surface area (Å²) in [4.78, 5) is 12.7. The summed E-state index contributed by atoms with van der Waals surface area (Å²) in [6, 6.07) is 9.60. The Balaban J connectivity index is 2.32. The maximum absolute atomic E-state index is 12.1. The molecule has 0 saturated carbocycles. The molecule has 94 valence electrons. The molecule has 0 aliphatic heterocycles. The molecule has 1 aromatic carbocycles. The van der Waals surface area contributed by atoms with Gasteiger partial charge in [0.25, 0.3) is 5.91 Å². The number of carbonyl (C=O) groups is 1. The first-order valence-corrected chi connectivity index (χ1v) is 6.45. The highest BCUT2D eigenvalue weighted by molar-refractivity contribution is 7.08. The van der Waals surface area contributed by atoms with Crippen LogP contribution in [0.15, 0.2) is 30.3 Å². The van der Waals surface area contributed by atoms with Gasteiger partial charge in [0, 0.05) is 11.1 Å². The minimum absolute atomic E-state index is 0.128. The van der Waals surface area contributed by atoms with Gasteiger partial charge in [-0.1, -0.05) is 34.8 Å². The van der Waals surface area contributed by atoms with Crippen molar-refractivity contribution in [2.45, 2.75) is 26.3 Å². The second kappa shape index (κ2) is 4.86. The summed E-state index contributed by atoms with van der Waals surface area (Å²) < 4.78 is 3.88. The molecule has 0 atom stereocenters. The van der Waals surface area contributed by atoms with E-state index >= 15 is 0 Å². The lowest BCUT2D eigenvalue weighted by molar-refractivity contribution is 0.0924. The van der Waals surface area contributed by atoms with Gasteiger partial charge in [0.05, 0.1) is 0 Å². The van der Waals surface area contributed by atoms with Crippen molar-refractivity contribution in [3.05, 3.63) is 35.2 Å². The van der Waals surface area contributed by atoms with E-state index in [0.29, 0.717) is 10.6 Å². The molecule has 18 heavy (non-hydrogen) atoms. The first-order chi connectivity index (χ1) is 8.47. The van der Waals surface area contributed by atoms with Crippen LogP contribution in [0.2, 0.25) is 0 Å². The predicted molar refractivity (Wildman–Crippen MR) is 72.6 cm³/mol. The Hall–Kier alpha value is -1.75. The highest BCUT2D eigenvalue weighted by Gasteiger charge is 2.21. The van der Waals surface area contributed by atoms with Crippen molar-refractivity contribution in [2.75, 3.05) is 0 Å². The number of carbonyl (C=O) groups excluding carboxylic acids is 1. The smallest absolute Gasteiger partial charge is 0.265 e. The highest BCUT2D eigenvalue weighted by atomic mass is 32.1. The monoisotopic (exact) mass is 261 g/mol.